The Morgan fingerprint density at radius 1 is 1.16 bits per heavy atom. The lowest BCUT2D eigenvalue weighted by Crippen LogP contribution is -2.33. The van der Waals surface area contributed by atoms with E-state index < -0.39 is 0 Å². The number of pyridine rings is 1. The average Bonchev–Trinajstić information content (AvgIpc) is 2.68. The maximum atomic E-state index is 5.94. The molecule has 1 aromatic heterocycles. The Morgan fingerprint density at radius 2 is 1.96 bits per heavy atom. The fraction of sp³-hybridized carbons (Fsp3) is 0.368. The van der Waals surface area contributed by atoms with Crippen molar-refractivity contribution < 1.29 is 0 Å². The van der Waals surface area contributed by atoms with E-state index in [-0.39, 0.29) is 0 Å². The molecule has 0 bridgehead atoms. The number of aromatic nitrogens is 1. The first-order valence-corrected chi connectivity index (χ1v) is 9.82. The molecule has 5 nitrogen and oxygen atoms in total. The van der Waals surface area contributed by atoms with Gasteiger partial charge in [-0.1, -0.05) is 18.2 Å². The summed E-state index contributed by atoms with van der Waals surface area (Å²) in [6.07, 6.45) is 2.64. The van der Waals surface area contributed by atoms with Crippen LogP contribution >= 0.6 is 11.8 Å². The molecule has 2 heterocycles. The number of nitrogens with two attached hydrogens (primary N) is 1. The Labute approximate surface area is 153 Å². The summed E-state index contributed by atoms with van der Waals surface area (Å²) < 4.78 is 0. The molecule has 0 atom stereocenters. The highest BCUT2D eigenvalue weighted by Gasteiger charge is 2.10. The Kier molecular flexibility index (Phi) is 6.56. The van der Waals surface area contributed by atoms with Gasteiger partial charge >= 0.3 is 0 Å². The second-order valence-electron chi connectivity index (χ2n) is 5.97. The third kappa shape index (κ3) is 5.67. The van der Waals surface area contributed by atoms with Crippen molar-refractivity contribution in [3.05, 3.63) is 59.9 Å². The van der Waals surface area contributed by atoms with Crippen molar-refractivity contribution in [1.82, 2.24) is 10.3 Å². The highest BCUT2D eigenvalue weighted by atomic mass is 32.2. The van der Waals surface area contributed by atoms with Crippen molar-refractivity contribution in [2.45, 2.75) is 13.0 Å². The van der Waals surface area contributed by atoms with Crippen LogP contribution in [0.4, 0.5) is 5.69 Å². The summed E-state index contributed by atoms with van der Waals surface area (Å²) in [5.41, 5.74) is 9.46. The second-order valence-corrected chi connectivity index (χ2v) is 7.19. The number of anilines is 1. The van der Waals surface area contributed by atoms with E-state index in [1.807, 2.05) is 30.0 Å². The molecule has 0 saturated carbocycles. The number of benzene rings is 1. The molecular weight excluding hydrogens is 330 g/mol. The number of nitrogens with zero attached hydrogens (tertiary/aromatic N) is 3. The molecule has 3 rings (SSSR count). The molecule has 1 fully saturated rings. The normalized spacial score (nSPS) is 15.2. The molecule has 0 radical (unpaired) electrons. The molecule has 2 aromatic rings. The maximum absolute atomic E-state index is 5.94. The molecule has 0 unspecified atom stereocenters. The Balaban J connectivity index is 1.44. The van der Waals surface area contributed by atoms with E-state index in [1.165, 1.54) is 22.8 Å². The lowest BCUT2D eigenvalue weighted by atomic mass is 10.2. The fourth-order valence-electron chi connectivity index (χ4n) is 2.73. The largest absolute Gasteiger partial charge is 0.370 e. The SMILES string of the molecule is NC(=NCc1ccc(N2CCSCC2)cc1)NCCc1ccccn1. The van der Waals surface area contributed by atoms with Crippen LogP contribution in [0.5, 0.6) is 0 Å². The number of guanidine groups is 1. The second kappa shape index (κ2) is 9.32. The number of aliphatic imine (C=N–C) groups is 1. The summed E-state index contributed by atoms with van der Waals surface area (Å²) in [4.78, 5) is 11.1. The molecule has 1 saturated heterocycles. The first-order valence-electron chi connectivity index (χ1n) is 8.66. The highest BCUT2D eigenvalue weighted by molar-refractivity contribution is 7.99. The molecule has 132 valence electrons. The van der Waals surface area contributed by atoms with Crippen molar-refractivity contribution >= 4 is 23.4 Å². The minimum Gasteiger partial charge on any atom is -0.370 e. The molecule has 3 N–H and O–H groups in total. The van der Waals surface area contributed by atoms with Gasteiger partial charge in [0.1, 0.15) is 0 Å². The van der Waals surface area contributed by atoms with Crippen molar-refractivity contribution in [3.8, 4) is 0 Å². The van der Waals surface area contributed by atoms with Gasteiger partial charge in [-0.3, -0.25) is 4.98 Å². The minimum atomic E-state index is 0.480. The van der Waals surface area contributed by atoms with E-state index in [2.05, 4.69) is 44.5 Å². The van der Waals surface area contributed by atoms with Gasteiger partial charge in [-0.15, -0.1) is 0 Å². The summed E-state index contributed by atoms with van der Waals surface area (Å²) in [5.74, 6) is 2.91. The van der Waals surface area contributed by atoms with Gasteiger partial charge in [-0.25, -0.2) is 4.99 Å². The zero-order valence-corrected chi connectivity index (χ0v) is 15.2. The van der Waals surface area contributed by atoms with Gasteiger partial charge < -0.3 is 16.0 Å². The number of rotatable bonds is 6. The lowest BCUT2D eigenvalue weighted by Gasteiger charge is -2.28. The third-order valence-electron chi connectivity index (χ3n) is 4.16. The van der Waals surface area contributed by atoms with Gasteiger partial charge in [0.05, 0.1) is 6.54 Å². The highest BCUT2D eigenvalue weighted by Crippen LogP contribution is 2.20. The molecule has 0 aliphatic carbocycles. The maximum Gasteiger partial charge on any atom is 0.188 e. The summed E-state index contributed by atoms with van der Waals surface area (Å²) >= 11 is 2.03. The molecule has 1 aromatic carbocycles. The predicted molar refractivity (Wildman–Crippen MR) is 107 cm³/mol. The van der Waals surface area contributed by atoms with Gasteiger partial charge in [0, 0.05) is 55.1 Å². The zero-order valence-electron chi connectivity index (χ0n) is 14.4. The van der Waals surface area contributed by atoms with Crippen LogP contribution < -0.4 is 16.0 Å². The van der Waals surface area contributed by atoms with E-state index in [9.17, 15) is 0 Å². The predicted octanol–water partition coefficient (Wildman–Crippen LogP) is 2.28. The molecule has 25 heavy (non-hydrogen) atoms. The summed E-state index contributed by atoms with van der Waals surface area (Å²) in [6.45, 7) is 3.60. The summed E-state index contributed by atoms with van der Waals surface area (Å²) in [7, 11) is 0. The van der Waals surface area contributed by atoms with Crippen molar-refractivity contribution in [2.75, 3.05) is 36.0 Å². The number of hydrogen-bond acceptors (Lipinski definition) is 4. The van der Waals surface area contributed by atoms with E-state index in [1.54, 1.807) is 6.20 Å². The fourth-order valence-corrected chi connectivity index (χ4v) is 3.63. The minimum absolute atomic E-state index is 0.480. The number of hydrogen-bond donors (Lipinski definition) is 2. The Morgan fingerprint density at radius 3 is 2.68 bits per heavy atom. The van der Waals surface area contributed by atoms with Gasteiger partial charge in [0.25, 0.3) is 0 Å². The van der Waals surface area contributed by atoms with E-state index in [0.717, 1.165) is 31.7 Å². The monoisotopic (exact) mass is 355 g/mol. The van der Waals surface area contributed by atoms with Gasteiger partial charge in [-0.05, 0) is 29.8 Å². The third-order valence-corrected chi connectivity index (χ3v) is 5.10. The van der Waals surface area contributed by atoms with Crippen LogP contribution in [0.25, 0.3) is 0 Å². The summed E-state index contributed by atoms with van der Waals surface area (Å²) in [6, 6.07) is 14.6. The van der Waals surface area contributed by atoms with Crippen molar-refractivity contribution in [2.24, 2.45) is 10.7 Å². The van der Waals surface area contributed by atoms with Crippen molar-refractivity contribution in [1.29, 1.82) is 0 Å². The van der Waals surface area contributed by atoms with Gasteiger partial charge in [0.15, 0.2) is 5.96 Å². The smallest absolute Gasteiger partial charge is 0.188 e. The van der Waals surface area contributed by atoms with Crippen LogP contribution in [-0.2, 0) is 13.0 Å². The molecule has 1 aliphatic rings. The van der Waals surface area contributed by atoms with E-state index >= 15 is 0 Å². The lowest BCUT2D eigenvalue weighted by molar-refractivity contribution is 0.827. The molecule has 1 aliphatic heterocycles. The van der Waals surface area contributed by atoms with Crippen molar-refractivity contribution in [3.63, 3.8) is 0 Å². The van der Waals surface area contributed by atoms with Crippen LogP contribution in [0.1, 0.15) is 11.3 Å². The zero-order chi connectivity index (χ0) is 17.3. The van der Waals surface area contributed by atoms with Gasteiger partial charge in [0.2, 0.25) is 0 Å². The molecular formula is C19H25N5S. The molecule has 0 amide bonds. The Hall–Kier alpha value is -2.21. The number of thioether (sulfide) groups is 1. The van der Waals surface area contributed by atoms with Crippen LogP contribution in [0.2, 0.25) is 0 Å². The standard InChI is InChI=1S/C19H25N5S/c20-19(22-10-8-17-3-1-2-9-21-17)23-15-16-4-6-18(7-5-16)24-11-13-25-14-12-24/h1-7,9H,8,10-15H2,(H3,20,22,23). The Bertz CT molecular complexity index is 666. The number of nitrogens with one attached hydrogen (secondary N) is 1. The first-order chi connectivity index (χ1) is 12.3. The van der Waals surface area contributed by atoms with Crippen LogP contribution in [0.15, 0.2) is 53.7 Å². The van der Waals surface area contributed by atoms with E-state index in [4.69, 9.17) is 5.73 Å². The summed E-state index contributed by atoms with van der Waals surface area (Å²) in [5, 5.41) is 3.14. The van der Waals surface area contributed by atoms with E-state index in [0.29, 0.717) is 12.5 Å². The van der Waals surface area contributed by atoms with Crippen LogP contribution in [0.3, 0.4) is 0 Å². The van der Waals surface area contributed by atoms with Gasteiger partial charge in [-0.2, -0.15) is 11.8 Å². The molecule has 0 spiro atoms. The molecule has 6 heteroatoms. The topological polar surface area (TPSA) is 66.5 Å². The van der Waals surface area contributed by atoms with Crippen LogP contribution in [-0.4, -0.2) is 42.1 Å². The quantitative estimate of drug-likeness (QED) is 0.615. The average molecular weight is 356 g/mol. The first kappa shape index (κ1) is 17.6. The van der Waals surface area contributed by atoms with Crippen LogP contribution in [0, 0.1) is 0 Å².